The number of halogens is 1. The summed E-state index contributed by atoms with van der Waals surface area (Å²) in [7, 11) is -3.27. The molecular formula is C17H21FN4O3S. The lowest BCUT2D eigenvalue weighted by molar-refractivity contribution is 0.0946. The van der Waals surface area contributed by atoms with Gasteiger partial charge in [0.1, 0.15) is 5.82 Å². The van der Waals surface area contributed by atoms with Gasteiger partial charge < -0.3 is 5.32 Å². The Morgan fingerprint density at radius 2 is 2.08 bits per heavy atom. The second-order valence-electron chi connectivity index (χ2n) is 6.47. The SMILES string of the molecule is Cc1ccc(C(=O)NCc2cc3n(n2)CCCN(S(C)(=O)=O)C3)c(F)c1. The number of hydrogen-bond donors (Lipinski definition) is 1. The molecule has 0 saturated heterocycles. The van der Waals surface area contributed by atoms with Crippen molar-refractivity contribution in [3.8, 4) is 0 Å². The van der Waals surface area contributed by atoms with Crippen LogP contribution < -0.4 is 5.32 Å². The third-order valence-electron chi connectivity index (χ3n) is 4.30. The number of rotatable bonds is 4. The van der Waals surface area contributed by atoms with Crippen molar-refractivity contribution in [3.05, 3.63) is 52.6 Å². The lowest BCUT2D eigenvalue weighted by atomic mass is 10.1. The predicted molar refractivity (Wildman–Crippen MR) is 94.4 cm³/mol. The third-order valence-corrected chi connectivity index (χ3v) is 5.55. The maximum atomic E-state index is 13.9. The fourth-order valence-corrected chi connectivity index (χ4v) is 3.76. The van der Waals surface area contributed by atoms with Crippen molar-refractivity contribution in [2.45, 2.75) is 33.0 Å². The van der Waals surface area contributed by atoms with Crippen molar-refractivity contribution in [1.82, 2.24) is 19.4 Å². The smallest absolute Gasteiger partial charge is 0.254 e. The molecule has 0 aliphatic carbocycles. The molecular weight excluding hydrogens is 359 g/mol. The van der Waals surface area contributed by atoms with Crippen LogP contribution in [0, 0.1) is 12.7 Å². The Kier molecular flexibility index (Phi) is 5.10. The second-order valence-corrected chi connectivity index (χ2v) is 8.45. The first-order valence-electron chi connectivity index (χ1n) is 8.29. The Bertz CT molecular complexity index is 939. The van der Waals surface area contributed by atoms with Gasteiger partial charge in [0.2, 0.25) is 10.0 Å². The van der Waals surface area contributed by atoms with Crippen LogP contribution in [-0.2, 0) is 29.7 Å². The largest absolute Gasteiger partial charge is 0.346 e. The lowest BCUT2D eigenvalue weighted by Gasteiger charge is -2.16. The molecule has 1 aromatic carbocycles. The van der Waals surface area contributed by atoms with Gasteiger partial charge in [-0.3, -0.25) is 9.48 Å². The van der Waals surface area contributed by atoms with Crippen LogP contribution in [0.5, 0.6) is 0 Å². The quantitative estimate of drug-likeness (QED) is 0.870. The predicted octanol–water partition coefficient (Wildman–Crippen LogP) is 1.43. The third kappa shape index (κ3) is 4.10. The summed E-state index contributed by atoms with van der Waals surface area (Å²) in [5.41, 5.74) is 2.11. The van der Waals surface area contributed by atoms with E-state index in [1.54, 1.807) is 23.7 Å². The Balaban J connectivity index is 1.69. The van der Waals surface area contributed by atoms with E-state index < -0.39 is 21.7 Å². The van der Waals surface area contributed by atoms with Crippen molar-refractivity contribution in [2.24, 2.45) is 0 Å². The number of carbonyl (C=O) groups excluding carboxylic acids is 1. The van der Waals surface area contributed by atoms with E-state index in [-0.39, 0.29) is 18.7 Å². The van der Waals surface area contributed by atoms with Gasteiger partial charge in [-0.1, -0.05) is 6.07 Å². The molecule has 0 unspecified atom stereocenters. The van der Waals surface area contributed by atoms with Crippen molar-refractivity contribution in [3.63, 3.8) is 0 Å². The van der Waals surface area contributed by atoms with Gasteiger partial charge >= 0.3 is 0 Å². The van der Waals surface area contributed by atoms with Crippen molar-refractivity contribution in [1.29, 1.82) is 0 Å². The standard InChI is InChI=1S/C17H21FN4O3S/c1-12-4-5-15(16(18)8-12)17(23)19-10-13-9-14-11-21(26(2,24)25)6-3-7-22(14)20-13/h4-5,8-9H,3,6-7,10-11H2,1-2H3,(H,19,23). The van der Waals surface area contributed by atoms with Crippen LogP contribution in [0.1, 0.15) is 33.7 Å². The van der Waals surface area contributed by atoms with Gasteiger partial charge in [-0.25, -0.2) is 12.8 Å². The molecule has 0 saturated carbocycles. The number of carbonyl (C=O) groups is 1. The van der Waals surface area contributed by atoms with Crippen LogP contribution in [0.15, 0.2) is 24.3 Å². The number of benzene rings is 1. The molecule has 1 amide bonds. The van der Waals surface area contributed by atoms with E-state index in [4.69, 9.17) is 0 Å². The molecule has 1 aliphatic heterocycles. The van der Waals surface area contributed by atoms with E-state index in [0.717, 1.165) is 11.3 Å². The number of aromatic nitrogens is 2. The monoisotopic (exact) mass is 380 g/mol. The molecule has 0 radical (unpaired) electrons. The maximum absolute atomic E-state index is 13.9. The number of sulfonamides is 1. The Labute approximate surface area is 151 Å². The molecule has 0 fully saturated rings. The highest BCUT2D eigenvalue weighted by atomic mass is 32.2. The molecule has 2 heterocycles. The zero-order chi connectivity index (χ0) is 18.9. The van der Waals surface area contributed by atoms with Crippen LogP contribution >= 0.6 is 0 Å². The molecule has 0 spiro atoms. The van der Waals surface area contributed by atoms with Crippen LogP contribution in [0.3, 0.4) is 0 Å². The van der Waals surface area contributed by atoms with Gasteiger partial charge in [-0.15, -0.1) is 0 Å². The molecule has 1 aliphatic rings. The molecule has 1 N–H and O–H groups in total. The van der Waals surface area contributed by atoms with E-state index in [9.17, 15) is 17.6 Å². The molecule has 9 heteroatoms. The van der Waals surface area contributed by atoms with E-state index in [1.165, 1.54) is 22.7 Å². The van der Waals surface area contributed by atoms with Crippen molar-refractivity contribution in [2.75, 3.05) is 12.8 Å². The van der Waals surface area contributed by atoms with Gasteiger partial charge in [-0.2, -0.15) is 9.40 Å². The lowest BCUT2D eigenvalue weighted by Crippen LogP contribution is -2.29. The van der Waals surface area contributed by atoms with Gasteiger partial charge in [0.15, 0.2) is 0 Å². The average Bonchev–Trinajstić information content (AvgIpc) is 2.81. The topological polar surface area (TPSA) is 84.3 Å². The molecule has 1 aromatic heterocycles. The first-order chi connectivity index (χ1) is 12.2. The molecule has 0 atom stereocenters. The van der Waals surface area contributed by atoms with Gasteiger partial charge in [0.05, 0.1) is 36.3 Å². The van der Waals surface area contributed by atoms with Crippen LogP contribution in [0.4, 0.5) is 4.39 Å². The summed E-state index contributed by atoms with van der Waals surface area (Å²) in [6.07, 6.45) is 1.86. The maximum Gasteiger partial charge on any atom is 0.254 e. The number of amides is 1. The number of hydrogen-bond acceptors (Lipinski definition) is 4. The number of nitrogens with zero attached hydrogens (tertiary/aromatic N) is 3. The van der Waals surface area contributed by atoms with E-state index in [1.807, 2.05) is 0 Å². The fourth-order valence-electron chi connectivity index (χ4n) is 2.93. The molecule has 2 aromatic rings. The second kappa shape index (κ2) is 7.16. The number of aryl methyl sites for hydroxylation is 2. The molecule has 26 heavy (non-hydrogen) atoms. The zero-order valence-electron chi connectivity index (χ0n) is 14.7. The first-order valence-corrected chi connectivity index (χ1v) is 10.1. The van der Waals surface area contributed by atoms with E-state index in [2.05, 4.69) is 10.4 Å². The van der Waals surface area contributed by atoms with Gasteiger partial charge in [0.25, 0.3) is 5.91 Å². The van der Waals surface area contributed by atoms with Crippen molar-refractivity contribution < 1.29 is 17.6 Å². The summed E-state index contributed by atoms with van der Waals surface area (Å²) in [6.45, 7) is 3.23. The Morgan fingerprint density at radius 3 is 2.77 bits per heavy atom. The summed E-state index contributed by atoms with van der Waals surface area (Å²) in [5.74, 6) is -1.07. The van der Waals surface area contributed by atoms with Gasteiger partial charge in [0, 0.05) is 13.1 Å². The molecule has 0 bridgehead atoms. The highest BCUT2D eigenvalue weighted by Crippen LogP contribution is 2.16. The number of nitrogens with one attached hydrogen (secondary N) is 1. The van der Waals surface area contributed by atoms with Crippen LogP contribution in [-0.4, -0.2) is 41.2 Å². The molecule has 140 valence electrons. The normalized spacial score (nSPS) is 15.3. The van der Waals surface area contributed by atoms with Crippen LogP contribution in [0.25, 0.3) is 0 Å². The zero-order valence-corrected chi connectivity index (χ0v) is 15.5. The minimum absolute atomic E-state index is 0.0142. The van der Waals surface area contributed by atoms with Crippen molar-refractivity contribution >= 4 is 15.9 Å². The Hall–Kier alpha value is -2.26. The first kappa shape index (κ1) is 18.5. The summed E-state index contributed by atoms with van der Waals surface area (Å²) in [5, 5.41) is 7.07. The summed E-state index contributed by atoms with van der Waals surface area (Å²) in [6, 6.07) is 6.21. The summed E-state index contributed by atoms with van der Waals surface area (Å²) >= 11 is 0. The fraction of sp³-hybridized carbons (Fsp3) is 0.412. The summed E-state index contributed by atoms with van der Waals surface area (Å²) in [4.78, 5) is 12.2. The highest BCUT2D eigenvalue weighted by Gasteiger charge is 2.23. The molecule has 7 nitrogen and oxygen atoms in total. The highest BCUT2D eigenvalue weighted by molar-refractivity contribution is 7.88. The number of fused-ring (bicyclic) bond motifs is 1. The van der Waals surface area contributed by atoms with E-state index in [0.29, 0.717) is 25.2 Å². The Morgan fingerprint density at radius 1 is 1.31 bits per heavy atom. The van der Waals surface area contributed by atoms with Gasteiger partial charge in [-0.05, 0) is 37.1 Å². The average molecular weight is 380 g/mol. The van der Waals surface area contributed by atoms with E-state index >= 15 is 0 Å². The van der Waals surface area contributed by atoms with Crippen LogP contribution in [0.2, 0.25) is 0 Å². The summed E-state index contributed by atoms with van der Waals surface area (Å²) < 4.78 is 40.6. The minimum Gasteiger partial charge on any atom is -0.346 e. The minimum atomic E-state index is -3.27. The molecule has 3 rings (SSSR count).